The third-order valence-corrected chi connectivity index (χ3v) is 5.75. The lowest BCUT2D eigenvalue weighted by Crippen LogP contribution is -2.55. The van der Waals surface area contributed by atoms with Gasteiger partial charge in [-0.15, -0.1) is 0 Å². The first-order valence-corrected chi connectivity index (χ1v) is 11.7. The van der Waals surface area contributed by atoms with Crippen molar-refractivity contribution in [2.45, 2.75) is 45.4 Å². The maximum Gasteiger partial charge on any atom is 0.338 e. The molecule has 1 aromatic carbocycles. The summed E-state index contributed by atoms with van der Waals surface area (Å²) in [7, 11) is 0. The number of hydrogen-bond acceptors (Lipinski definition) is 6. The third-order valence-electron chi connectivity index (χ3n) is 5.75. The van der Waals surface area contributed by atoms with Crippen LogP contribution in [0.2, 0.25) is 0 Å². The molecule has 2 aliphatic rings. The molecule has 33 heavy (non-hydrogen) atoms. The number of carbonyl (C=O) groups excluding carboxylic acids is 3. The summed E-state index contributed by atoms with van der Waals surface area (Å²) in [4.78, 5) is 41.6. The minimum absolute atomic E-state index is 0.0788. The van der Waals surface area contributed by atoms with Crippen LogP contribution in [0.5, 0.6) is 0 Å². The predicted molar refractivity (Wildman–Crippen MR) is 125 cm³/mol. The molecule has 0 bridgehead atoms. The molecule has 180 valence electrons. The molecule has 0 radical (unpaired) electrons. The zero-order valence-corrected chi connectivity index (χ0v) is 19.7. The molecule has 0 spiro atoms. The lowest BCUT2D eigenvalue weighted by Gasteiger charge is -2.36. The molecule has 3 rings (SSSR count). The predicted octanol–water partition coefficient (Wildman–Crippen LogP) is 1.71. The van der Waals surface area contributed by atoms with Crippen LogP contribution in [0.25, 0.3) is 6.08 Å². The monoisotopic (exact) mass is 457 g/mol. The van der Waals surface area contributed by atoms with Gasteiger partial charge in [0.25, 0.3) is 5.91 Å². The number of carbonyl (C=O) groups is 3. The lowest BCUT2D eigenvalue weighted by molar-refractivity contribution is -0.144. The highest BCUT2D eigenvalue weighted by molar-refractivity contribution is 5.95. The molecule has 2 saturated heterocycles. The second kappa shape index (κ2) is 12.0. The van der Waals surface area contributed by atoms with Gasteiger partial charge in [0, 0.05) is 32.7 Å². The number of esters is 1. The Morgan fingerprint density at radius 2 is 1.82 bits per heavy atom. The maximum absolute atomic E-state index is 13.2. The number of benzene rings is 1. The van der Waals surface area contributed by atoms with Crippen molar-refractivity contribution in [2.24, 2.45) is 5.92 Å². The molecule has 0 aromatic heterocycles. The summed E-state index contributed by atoms with van der Waals surface area (Å²) in [6.45, 7) is 9.59. The van der Waals surface area contributed by atoms with Gasteiger partial charge in [-0.1, -0.05) is 56.3 Å². The first-order chi connectivity index (χ1) is 15.9. The van der Waals surface area contributed by atoms with Crippen molar-refractivity contribution in [3.05, 3.63) is 42.0 Å². The van der Waals surface area contributed by atoms with Crippen LogP contribution in [-0.2, 0) is 23.9 Å². The highest BCUT2D eigenvalue weighted by atomic mass is 16.6. The molecule has 8 heteroatoms. The minimum Gasteiger partial charge on any atom is -0.464 e. The zero-order valence-electron chi connectivity index (χ0n) is 19.7. The van der Waals surface area contributed by atoms with Gasteiger partial charge in [0.15, 0.2) is 12.2 Å². The van der Waals surface area contributed by atoms with Crippen molar-refractivity contribution in [1.82, 2.24) is 15.1 Å². The van der Waals surface area contributed by atoms with E-state index in [1.165, 1.54) is 5.56 Å². The smallest absolute Gasteiger partial charge is 0.338 e. The molecular weight excluding hydrogens is 422 g/mol. The van der Waals surface area contributed by atoms with Crippen LogP contribution in [0.15, 0.2) is 36.4 Å². The van der Waals surface area contributed by atoms with E-state index >= 15 is 0 Å². The number of piperazine rings is 1. The van der Waals surface area contributed by atoms with Gasteiger partial charge >= 0.3 is 5.97 Å². The van der Waals surface area contributed by atoms with Crippen molar-refractivity contribution >= 4 is 23.9 Å². The van der Waals surface area contributed by atoms with E-state index in [2.05, 4.69) is 34.5 Å². The molecule has 2 fully saturated rings. The molecule has 1 aromatic rings. The first-order valence-electron chi connectivity index (χ1n) is 11.7. The second-order valence-corrected chi connectivity index (χ2v) is 8.86. The molecule has 1 N–H and O–H groups in total. The lowest BCUT2D eigenvalue weighted by atomic mass is 10.0. The average Bonchev–Trinajstić information content (AvgIpc) is 3.61. The Morgan fingerprint density at radius 3 is 2.45 bits per heavy atom. The minimum atomic E-state index is -0.875. The summed E-state index contributed by atoms with van der Waals surface area (Å²) in [5.41, 5.74) is 1.17. The number of ether oxygens (including phenoxy) is 2. The van der Waals surface area contributed by atoms with Gasteiger partial charge in [0.05, 0.1) is 6.61 Å². The van der Waals surface area contributed by atoms with Crippen molar-refractivity contribution in [3.8, 4) is 0 Å². The average molecular weight is 458 g/mol. The van der Waals surface area contributed by atoms with Crippen LogP contribution in [0.3, 0.4) is 0 Å². The summed E-state index contributed by atoms with van der Waals surface area (Å²) in [6.07, 6.45) is 3.04. The molecule has 2 heterocycles. The molecular formula is C25H35N3O5. The summed E-state index contributed by atoms with van der Waals surface area (Å²) in [6, 6.07) is 9.54. The fourth-order valence-corrected chi connectivity index (χ4v) is 3.94. The van der Waals surface area contributed by atoms with E-state index in [9.17, 15) is 14.4 Å². The fraction of sp³-hybridized carbons (Fsp3) is 0.560. The van der Waals surface area contributed by atoms with E-state index in [1.54, 1.807) is 6.92 Å². The SMILES string of the molecule is CCOC(=O)[C@@H]1O[C@H]1C(=O)N[C@@H](CC(C)C)C(=O)N1CCN(CC=Cc2ccccc2)CC1. The van der Waals surface area contributed by atoms with Crippen LogP contribution in [0, 0.1) is 5.92 Å². The van der Waals surface area contributed by atoms with E-state index in [1.807, 2.05) is 36.9 Å². The van der Waals surface area contributed by atoms with Crippen LogP contribution in [0.4, 0.5) is 0 Å². The quantitative estimate of drug-likeness (QED) is 0.425. The van der Waals surface area contributed by atoms with Crippen molar-refractivity contribution in [3.63, 3.8) is 0 Å². The summed E-state index contributed by atoms with van der Waals surface area (Å²) < 4.78 is 10.1. The maximum atomic E-state index is 13.2. The van der Waals surface area contributed by atoms with E-state index in [-0.39, 0.29) is 18.4 Å². The third kappa shape index (κ3) is 7.40. The summed E-state index contributed by atoms with van der Waals surface area (Å²) in [5.74, 6) is -0.826. The topological polar surface area (TPSA) is 91.5 Å². The number of epoxide rings is 1. The van der Waals surface area contributed by atoms with Gasteiger partial charge in [0.1, 0.15) is 6.04 Å². The molecule has 2 aliphatic heterocycles. The van der Waals surface area contributed by atoms with Gasteiger partial charge < -0.3 is 19.7 Å². The Hall–Kier alpha value is -2.71. The Morgan fingerprint density at radius 1 is 1.12 bits per heavy atom. The fourth-order valence-electron chi connectivity index (χ4n) is 3.94. The summed E-state index contributed by atoms with van der Waals surface area (Å²) >= 11 is 0. The first kappa shape index (κ1) is 24.9. The van der Waals surface area contributed by atoms with Crippen molar-refractivity contribution < 1.29 is 23.9 Å². The van der Waals surface area contributed by atoms with Gasteiger partial charge in [0.2, 0.25) is 5.91 Å². The Balaban J connectivity index is 1.48. The van der Waals surface area contributed by atoms with E-state index in [4.69, 9.17) is 9.47 Å². The molecule has 2 amide bonds. The van der Waals surface area contributed by atoms with Gasteiger partial charge in [-0.25, -0.2) is 4.79 Å². The van der Waals surface area contributed by atoms with E-state index in [0.29, 0.717) is 19.5 Å². The summed E-state index contributed by atoms with van der Waals surface area (Å²) in [5, 5.41) is 2.81. The van der Waals surface area contributed by atoms with Crippen LogP contribution >= 0.6 is 0 Å². The normalized spacial score (nSPS) is 21.8. The highest BCUT2D eigenvalue weighted by Crippen LogP contribution is 2.24. The highest BCUT2D eigenvalue weighted by Gasteiger charge is 2.52. The Bertz CT molecular complexity index is 834. The molecule has 0 unspecified atom stereocenters. The second-order valence-electron chi connectivity index (χ2n) is 8.86. The van der Waals surface area contributed by atoms with Crippen LogP contribution in [0.1, 0.15) is 32.8 Å². The van der Waals surface area contributed by atoms with Crippen LogP contribution in [-0.4, -0.2) is 85.2 Å². The van der Waals surface area contributed by atoms with Crippen molar-refractivity contribution in [1.29, 1.82) is 0 Å². The molecule has 8 nitrogen and oxygen atoms in total. The zero-order chi connectivity index (χ0) is 23.8. The van der Waals surface area contributed by atoms with Gasteiger partial charge in [-0.2, -0.15) is 0 Å². The van der Waals surface area contributed by atoms with Gasteiger partial charge in [-0.05, 0) is 24.8 Å². The number of nitrogens with zero attached hydrogens (tertiary/aromatic N) is 2. The number of nitrogens with one attached hydrogen (secondary N) is 1. The largest absolute Gasteiger partial charge is 0.464 e. The van der Waals surface area contributed by atoms with Crippen LogP contribution < -0.4 is 5.32 Å². The number of rotatable bonds is 10. The standard InChI is InChI=1S/C25H35N3O5/c1-4-32-25(31)22-21(33-22)23(29)26-20(17-18(2)3)24(30)28-15-13-27(14-16-28)12-8-11-19-9-6-5-7-10-19/h5-11,18,20-22H,4,12-17H2,1-3H3,(H,26,29)/t20-,21+,22+/m0/s1. The van der Waals surface area contributed by atoms with E-state index in [0.717, 1.165) is 19.6 Å². The Kier molecular flexibility index (Phi) is 9.03. The molecule has 0 saturated carbocycles. The van der Waals surface area contributed by atoms with E-state index < -0.39 is 30.1 Å². The number of amides is 2. The molecule has 3 atom stereocenters. The number of hydrogen-bond donors (Lipinski definition) is 1. The van der Waals surface area contributed by atoms with Gasteiger partial charge in [-0.3, -0.25) is 14.5 Å². The van der Waals surface area contributed by atoms with Crippen molar-refractivity contribution in [2.75, 3.05) is 39.3 Å². The Labute approximate surface area is 195 Å². The molecule has 0 aliphatic carbocycles.